The van der Waals surface area contributed by atoms with Crippen molar-refractivity contribution in [1.29, 1.82) is 0 Å². The van der Waals surface area contributed by atoms with Crippen molar-refractivity contribution < 1.29 is 4.79 Å². The van der Waals surface area contributed by atoms with E-state index < -0.39 is 0 Å². The first kappa shape index (κ1) is 16.7. The summed E-state index contributed by atoms with van der Waals surface area (Å²) in [6.07, 6.45) is 5.76. The number of fused-ring (bicyclic) bond motifs is 1. The molecule has 2 N–H and O–H groups in total. The van der Waals surface area contributed by atoms with Crippen LogP contribution in [-0.4, -0.2) is 51.3 Å². The molecule has 0 bridgehead atoms. The summed E-state index contributed by atoms with van der Waals surface area (Å²) in [4.78, 5) is 26.1. The molecule has 5 rings (SSSR count). The third-order valence-electron chi connectivity index (χ3n) is 5.29. The van der Waals surface area contributed by atoms with Gasteiger partial charge in [0.15, 0.2) is 0 Å². The summed E-state index contributed by atoms with van der Waals surface area (Å²) in [5.41, 5.74) is 1.97. The first-order chi connectivity index (χ1) is 13.3. The lowest BCUT2D eigenvalue weighted by molar-refractivity contribution is -0.117. The molecule has 1 amide bonds. The van der Waals surface area contributed by atoms with E-state index in [2.05, 4.69) is 41.6 Å². The predicted octanol–water partition coefficient (Wildman–Crippen LogP) is 2.69. The number of piperazine rings is 1. The summed E-state index contributed by atoms with van der Waals surface area (Å²) in [7, 11) is 0. The van der Waals surface area contributed by atoms with E-state index in [0.717, 1.165) is 62.3 Å². The van der Waals surface area contributed by atoms with Crippen LogP contribution in [0, 0.1) is 5.92 Å². The molecule has 4 heterocycles. The van der Waals surface area contributed by atoms with Gasteiger partial charge in [-0.25, -0.2) is 9.36 Å². The van der Waals surface area contributed by atoms with E-state index in [0.29, 0.717) is 5.82 Å². The van der Waals surface area contributed by atoms with Crippen molar-refractivity contribution >= 4 is 40.0 Å². The zero-order valence-corrected chi connectivity index (χ0v) is 15.8. The number of carbonyl (C=O) groups excluding carboxylic acids is 1. The maximum atomic E-state index is 12.1. The summed E-state index contributed by atoms with van der Waals surface area (Å²) >= 11 is 1.57. The number of nitrogens with one attached hydrogen (secondary N) is 2. The number of H-pyrrole nitrogens is 1. The van der Waals surface area contributed by atoms with Crippen molar-refractivity contribution in [3.63, 3.8) is 0 Å². The van der Waals surface area contributed by atoms with E-state index in [-0.39, 0.29) is 11.8 Å². The molecule has 1 aliphatic heterocycles. The van der Waals surface area contributed by atoms with Crippen LogP contribution in [0.3, 0.4) is 0 Å². The second-order valence-corrected chi connectivity index (χ2v) is 8.19. The number of rotatable bonds is 5. The van der Waals surface area contributed by atoms with Crippen molar-refractivity contribution in [2.24, 2.45) is 5.92 Å². The lowest BCUT2D eigenvalue weighted by atomic mass is 10.2. The number of hydrogen-bond acceptors (Lipinski definition) is 6. The molecular weight excluding hydrogens is 360 g/mol. The maximum absolute atomic E-state index is 12.1. The minimum absolute atomic E-state index is 0.0914. The van der Waals surface area contributed by atoms with Gasteiger partial charge in [-0.15, -0.1) is 0 Å². The fraction of sp³-hybridized carbons (Fsp3) is 0.421. The Morgan fingerprint density at radius 1 is 1.26 bits per heavy atom. The fourth-order valence-electron chi connectivity index (χ4n) is 3.61. The largest absolute Gasteiger partial charge is 0.368 e. The standard InChI is InChI=1S/C19H22N6OS/c26-19(13-1-2-13)23-17-11-16(15-4-5-20-18(15)22-17)25-9-7-24(8-10-25)12-14-3-6-21-27-14/h3-6,11,13H,1-2,7-10,12H2,(H2,20,22,23,26). The minimum atomic E-state index is 0.0914. The Balaban J connectivity index is 1.33. The highest BCUT2D eigenvalue weighted by Crippen LogP contribution is 2.32. The number of anilines is 2. The van der Waals surface area contributed by atoms with E-state index in [9.17, 15) is 4.79 Å². The van der Waals surface area contributed by atoms with Gasteiger partial charge in [-0.3, -0.25) is 9.69 Å². The maximum Gasteiger partial charge on any atom is 0.228 e. The molecule has 0 spiro atoms. The molecule has 1 aliphatic carbocycles. The van der Waals surface area contributed by atoms with Crippen LogP contribution >= 0.6 is 11.5 Å². The number of carbonyl (C=O) groups is 1. The van der Waals surface area contributed by atoms with Crippen LogP contribution in [0.15, 0.2) is 30.6 Å². The molecule has 27 heavy (non-hydrogen) atoms. The Morgan fingerprint density at radius 2 is 2.11 bits per heavy atom. The van der Waals surface area contributed by atoms with Crippen LogP contribution in [0.4, 0.5) is 11.5 Å². The van der Waals surface area contributed by atoms with E-state index in [4.69, 9.17) is 0 Å². The Morgan fingerprint density at radius 3 is 2.85 bits per heavy atom. The molecular formula is C19H22N6OS. The molecule has 0 unspecified atom stereocenters. The van der Waals surface area contributed by atoms with Crippen LogP contribution in [-0.2, 0) is 11.3 Å². The second kappa shape index (κ2) is 6.94. The monoisotopic (exact) mass is 382 g/mol. The van der Waals surface area contributed by atoms with E-state index >= 15 is 0 Å². The summed E-state index contributed by atoms with van der Waals surface area (Å²) < 4.78 is 4.19. The van der Waals surface area contributed by atoms with E-state index in [1.54, 1.807) is 11.5 Å². The predicted molar refractivity (Wildman–Crippen MR) is 107 cm³/mol. The van der Waals surface area contributed by atoms with Crippen LogP contribution in [0.1, 0.15) is 17.7 Å². The van der Waals surface area contributed by atoms with E-state index in [1.165, 1.54) is 4.88 Å². The third-order valence-corrected chi connectivity index (χ3v) is 6.02. The average molecular weight is 382 g/mol. The molecule has 140 valence electrons. The normalized spacial score (nSPS) is 18.1. The topological polar surface area (TPSA) is 77.2 Å². The lowest BCUT2D eigenvalue weighted by Crippen LogP contribution is -2.46. The van der Waals surface area contributed by atoms with Gasteiger partial charge >= 0.3 is 0 Å². The summed E-state index contributed by atoms with van der Waals surface area (Å²) in [6, 6.07) is 6.18. The molecule has 2 aliphatic rings. The Labute approximate surface area is 161 Å². The first-order valence-electron chi connectivity index (χ1n) is 9.42. The molecule has 0 aromatic carbocycles. The van der Waals surface area contributed by atoms with Crippen molar-refractivity contribution in [3.05, 3.63) is 35.5 Å². The summed E-state index contributed by atoms with van der Waals surface area (Å²) in [5.74, 6) is 0.905. The number of nitrogens with zero attached hydrogens (tertiary/aromatic N) is 4. The molecule has 1 saturated carbocycles. The van der Waals surface area contributed by atoms with Gasteiger partial charge < -0.3 is 15.2 Å². The van der Waals surface area contributed by atoms with Gasteiger partial charge in [0.1, 0.15) is 11.5 Å². The molecule has 2 fully saturated rings. The van der Waals surface area contributed by atoms with Gasteiger partial charge in [-0.2, -0.15) is 0 Å². The van der Waals surface area contributed by atoms with Crippen molar-refractivity contribution in [2.75, 3.05) is 36.4 Å². The SMILES string of the molecule is O=C(Nc1cc(N2CCN(Cc3ccns3)CC2)c2cc[nH]c2n1)C1CC1. The zero-order valence-electron chi connectivity index (χ0n) is 15.0. The highest BCUT2D eigenvalue weighted by molar-refractivity contribution is 7.05. The summed E-state index contributed by atoms with van der Waals surface area (Å²) in [6.45, 7) is 4.90. The van der Waals surface area contributed by atoms with E-state index in [1.807, 2.05) is 18.5 Å². The van der Waals surface area contributed by atoms with Crippen molar-refractivity contribution in [3.8, 4) is 0 Å². The van der Waals surface area contributed by atoms with Crippen LogP contribution in [0.25, 0.3) is 11.0 Å². The lowest BCUT2D eigenvalue weighted by Gasteiger charge is -2.36. The number of aromatic amines is 1. The van der Waals surface area contributed by atoms with Gasteiger partial charge in [0.25, 0.3) is 0 Å². The Kier molecular flexibility index (Phi) is 4.29. The fourth-order valence-corrected chi connectivity index (χ4v) is 4.23. The van der Waals surface area contributed by atoms with Crippen LogP contribution in [0.5, 0.6) is 0 Å². The minimum Gasteiger partial charge on any atom is -0.368 e. The second-order valence-electron chi connectivity index (χ2n) is 7.27. The number of hydrogen-bond donors (Lipinski definition) is 2. The Bertz CT molecular complexity index is 940. The molecule has 0 atom stereocenters. The Hall–Kier alpha value is -2.45. The number of amides is 1. The van der Waals surface area contributed by atoms with Crippen LogP contribution < -0.4 is 10.2 Å². The van der Waals surface area contributed by atoms with Gasteiger partial charge in [0.2, 0.25) is 5.91 Å². The molecule has 1 saturated heterocycles. The average Bonchev–Trinajstić information content (AvgIpc) is 3.21. The highest BCUT2D eigenvalue weighted by atomic mass is 32.1. The van der Waals surface area contributed by atoms with Gasteiger partial charge in [-0.05, 0) is 36.5 Å². The zero-order chi connectivity index (χ0) is 18.2. The third kappa shape index (κ3) is 3.54. The quantitative estimate of drug-likeness (QED) is 0.709. The van der Waals surface area contributed by atoms with Gasteiger partial charge in [0.05, 0.1) is 5.69 Å². The van der Waals surface area contributed by atoms with Gasteiger partial charge in [-0.1, -0.05) is 0 Å². The molecule has 7 nitrogen and oxygen atoms in total. The van der Waals surface area contributed by atoms with Gasteiger partial charge in [0, 0.05) is 67.4 Å². The number of pyridine rings is 1. The van der Waals surface area contributed by atoms with Crippen molar-refractivity contribution in [2.45, 2.75) is 19.4 Å². The van der Waals surface area contributed by atoms with Crippen molar-refractivity contribution in [1.82, 2.24) is 19.2 Å². The van der Waals surface area contributed by atoms with Crippen LogP contribution in [0.2, 0.25) is 0 Å². The molecule has 0 radical (unpaired) electrons. The summed E-state index contributed by atoms with van der Waals surface area (Å²) in [5, 5.41) is 4.10. The molecule has 3 aromatic heterocycles. The first-order valence-corrected chi connectivity index (χ1v) is 10.2. The molecule has 3 aromatic rings. The molecule has 8 heteroatoms. The smallest absolute Gasteiger partial charge is 0.228 e. The highest BCUT2D eigenvalue weighted by Gasteiger charge is 2.30. The number of aromatic nitrogens is 3.